The molecule has 1 aromatic heterocycles. The number of methoxy groups -OCH3 is 1. The first-order chi connectivity index (χ1) is 18.0. The molecule has 2 fully saturated rings. The van der Waals surface area contributed by atoms with Gasteiger partial charge in [-0.1, -0.05) is 6.07 Å². The lowest BCUT2D eigenvalue weighted by Gasteiger charge is -2.28. The summed E-state index contributed by atoms with van der Waals surface area (Å²) in [6, 6.07) is 16.6. The summed E-state index contributed by atoms with van der Waals surface area (Å²) in [6.45, 7) is 5.24. The Bertz CT molecular complexity index is 1280. The van der Waals surface area contributed by atoms with Gasteiger partial charge in [0.25, 0.3) is 0 Å². The van der Waals surface area contributed by atoms with Gasteiger partial charge in [0.1, 0.15) is 11.6 Å². The zero-order chi connectivity index (χ0) is 25.8. The summed E-state index contributed by atoms with van der Waals surface area (Å²) in [6.07, 6.45) is 0.166. The number of anilines is 5. The molecule has 1 atom stereocenters. The molecule has 0 saturated carbocycles. The largest absolute Gasteiger partial charge is 0.497 e. The van der Waals surface area contributed by atoms with E-state index in [0.29, 0.717) is 37.1 Å². The van der Waals surface area contributed by atoms with Crippen LogP contribution >= 0.6 is 0 Å². The Balaban J connectivity index is 1.20. The second kappa shape index (κ2) is 10.8. The van der Waals surface area contributed by atoms with E-state index >= 15 is 0 Å². The summed E-state index contributed by atoms with van der Waals surface area (Å²) in [4.78, 5) is 38.5. The minimum Gasteiger partial charge on any atom is -0.497 e. The third kappa shape index (κ3) is 5.80. The van der Waals surface area contributed by atoms with Gasteiger partial charge in [0.15, 0.2) is 0 Å². The first-order valence-electron chi connectivity index (χ1n) is 12.3. The van der Waals surface area contributed by atoms with E-state index in [4.69, 9.17) is 9.47 Å². The van der Waals surface area contributed by atoms with Gasteiger partial charge in [-0.05, 0) is 43.3 Å². The Morgan fingerprint density at radius 1 is 1.05 bits per heavy atom. The van der Waals surface area contributed by atoms with Crippen molar-refractivity contribution in [2.45, 2.75) is 13.3 Å². The summed E-state index contributed by atoms with van der Waals surface area (Å²) in [5.74, 6) is 1.35. The number of aryl methyl sites for hydroxylation is 1. The lowest BCUT2D eigenvalue weighted by atomic mass is 10.1. The molecular formula is C27H30N6O4. The molecule has 2 N–H and O–H groups in total. The first-order valence-corrected chi connectivity index (χ1v) is 12.3. The van der Waals surface area contributed by atoms with Gasteiger partial charge in [0.2, 0.25) is 17.8 Å². The topological polar surface area (TPSA) is 109 Å². The van der Waals surface area contributed by atoms with Crippen molar-refractivity contribution in [1.29, 1.82) is 0 Å². The van der Waals surface area contributed by atoms with Gasteiger partial charge in [0.05, 0.1) is 26.2 Å². The number of aromatic nitrogens is 2. The molecule has 5 rings (SSSR count). The highest BCUT2D eigenvalue weighted by molar-refractivity contribution is 6.03. The Morgan fingerprint density at radius 3 is 2.57 bits per heavy atom. The molecule has 192 valence electrons. The van der Waals surface area contributed by atoms with Crippen LogP contribution in [0.15, 0.2) is 54.6 Å². The number of morpholine rings is 1. The number of nitrogens with zero attached hydrogens (tertiary/aromatic N) is 4. The van der Waals surface area contributed by atoms with Gasteiger partial charge < -0.3 is 29.9 Å². The average molecular weight is 503 g/mol. The number of amides is 2. The van der Waals surface area contributed by atoms with Crippen molar-refractivity contribution in [1.82, 2.24) is 9.97 Å². The molecule has 10 nitrogen and oxygen atoms in total. The molecular weight excluding hydrogens is 472 g/mol. The first kappa shape index (κ1) is 24.5. The molecule has 2 amide bonds. The Morgan fingerprint density at radius 2 is 1.81 bits per heavy atom. The lowest BCUT2D eigenvalue weighted by molar-refractivity contribution is -0.122. The monoisotopic (exact) mass is 502 g/mol. The van der Waals surface area contributed by atoms with Crippen molar-refractivity contribution in [3.8, 4) is 5.75 Å². The van der Waals surface area contributed by atoms with Crippen LogP contribution in [-0.4, -0.2) is 61.7 Å². The molecule has 0 aliphatic carbocycles. The fourth-order valence-electron chi connectivity index (χ4n) is 4.48. The molecule has 2 saturated heterocycles. The van der Waals surface area contributed by atoms with Crippen molar-refractivity contribution in [2.24, 2.45) is 5.92 Å². The third-order valence-corrected chi connectivity index (χ3v) is 6.45. The minimum absolute atomic E-state index is 0.0810. The smallest absolute Gasteiger partial charge is 0.229 e. The van der Waals surface area contributed by atoms with Crippen LogP contribution in [0.3, 0.4) is 0 Å². The molecule has 0 spiro atoms. The fourth-order valence-corrected chi connectivity index (χ4v) is 4.48. The lowest BCUT2D eigenvalue weighted by Crippen LogP contribution is -2.36. The summed E-state index contributed by atoms with van der Waals surface area (Å²) >= 11 is 0. The number of carbonyl (C=O) groups excluding carboxylic acids is 2. The van der Waals surface area contributed by atoms with Gasteiger partial charge in [-0.25, -0.2) is 4.98 Å². The Labute approximate surface area is 215 Å². The van der Waals surface area contributed by atoms with E-state index in [1.54, 1.807) is 18.1 Å². The molecule has 3 heterocycles. The number of nitrogens with one attached hydrogen (secondary N) is 2. The quantitative estimate of drug-likeness (QED) is 0.506. The number of carbonyl (C=O) groups is 2. The number of hydrogen-bond donors (Lipinski definition) is 2. The predicted molar refractivity (Wildman–Crippen MR) is 142 cm³/mol. The summed E-state index contributed by atoms with van der Waals surface area (Å²) in [5, 5.41) is 6.18. The summed E-state index contributed by atoms with van der Waals surface area (Å²) in [5.41, 5.74) is 3.06. The zero-order valence-corrected chi connectivity index (χ0v) is 20.9. The van der Waals surface area contributed by atoms with Crippen LogP contribution < -0.4 is 25.2 Å². The SMILES string of the molecule is COc1cccc(N2C[C@@H](C(=O)Nc3ccc(Nc4nc(C)cc(N5CCOCC5)n4)cc3)CC2=O)c1. The van der Waals surface area contributed by atoms with E-state index in [1.807, 2.05) is 55.5 Å². The van der Waals surface area contributed by atoms with Crippen molar-refractivity contribution in [2.75, 3.05) is 60.4 Å². The highest BCUT2D eigenvalue weighted by Crippen LogP contribution is 2.29. The number of ether oxygens (including phenoxy) is 2. The van der Waals surface area contributed by atoms with Crippen LogP contribution in [-0.2, 0) is 14.3 Å². The number of benzene rings is 2. The molecule has 10 heteroatoms. The summed E-state index contributed by atoms with van der Waals surface area (Å²) in [7, 11) is 1.58. The fraction of sp³-hybridized carbons (Fsp3) is 0.333. The number of rotatable bonds is 7. The molecule has 3 aromatic rings. The van der Waals surface area contributed by atoms with Crippen LogP contribution in [0.25, 0.3) is 0 Å². The molecule has 0 unspecified atom stereocenters. The van der Waals surface area contributed by atoms with Gasteiger partial charge in [0, 0.05) is 60.9 Å². The molecule has 2 aliphatic heterocycles. The number of hydrogen-bond acceptors (Lipinski definition) is 8. The van der Waals surface area contributed by atoms with E-state index in [-0.39, 0.29) is 18.2 Å². The normalized spacial score (nSPS) is 17.6. The van der Waals surface area contributed by atoms with Crippen molar-refractivity contribution >= 4 is 40.6 Å². The van der Waals surface area contributed by atoms with E-state index in [2.05, 4.69) is 25.5 Å². The van der Waals surface area contributed by atoms with Crippen LogP contribution in [0.5, 0.6) is 5.75 Å². The van der Waals surface area contributed by atoms with Crippen LogP contribution in [0.4, 0.5) is 28.8 Å². The average Bonchev–Trinajstić information content (AvgIpc) is 3.32. The van der Waals surface area contributed by atoms with Crippen molar-refractivity contribution in [3.05, 3.63) is 60.3 Å². The van der Waals surface area contributed by atoms with Crippen molar-refractivity contribution in [3.63, 3.8) is 0 Å². The highest BCUT2D eigenvalue weighted by atomic mass is 16.5. The molecule has 37 heavy (non-hydrogen) atoms. The maximum atomic E-state index is 12.9. The standard InChI is InChI=1S/C27H30N6O4/c1-18-14-24(32-10-12-37-13-11-32)31-27(28-18)30-21-8-6-20(7-9-21)29-26(35)19-15-25(34)33(17-19)22-4-3-5-23(16-22)36-2/h3-9,14,16,19H,10-13,15,17H2,1-2H3,(H,29,35)(H,28,30,31)/t19-/m0/s1. The van der Waals surface area contributed by atoms with Crippen LogP contribution in [0.1, 0.15) is 12.1 Å². The third-order valence-electron chi connectivity index (χ3n) is 6.45. The molecule has 0 bridgehead atoms. The molecule has 0 radical (unpaired) electrons. The Hall–Kier alpha value is -4.18. The predicted octanol–water partition coefficient (Wildman–Crippen LogP) is 3.37. The minimum atomic E-state index is -0.434. The van der Waals surface area contributed by atoms with Gasteiger partial charge in [-0.15, -0.1) is 0 Å². The van der Waals surface area contributed by atoms with Gasteiger partial charge in [-0.3, -0.25) is 9.59 Å². The van der Waals surface area contributed by atoms with Gasteiger partial charge >= 0.3 is 0 Å². The summed E-state index contributed by atoms with van der Waals surface area (Å²) < 4.78 is 10.7. The molecule has 2 aromatic carbocycles. The van der Waals surface area contributed by atoms with E-state index in [0.717, 1.165) is 36.0 Å². The zero-order valence-electron chi connectivity index (χ0n) is 20.9. The molecule has 2 aliphatic rings. The Kier molecular flexibility index (Phi) is 7.18. The second-order valence-corrected chi connectivity index (χ2v) is 9.09. The highest BCUT2D eigenvalue weighted by Gasteiger charge is 2.35. The van der Waals surface area contributed by atoms with Crippen LogP contribution in [0.2, 0.25) is 0 Å². The second-order valence-electron chi connectivity index (χ2n) is 9.09. The van der Waals surface area contributed by atoms with E-state index in [1.165, 1.54) is 0 Å². The van der Waals surface area contributed by atoms with E-state index < -0.39 is 5.92 Å². The van der Waals surface area contributed by atoms with E-state index in [9.17, 15) is 9.59 Å². The van der Waals surface area contributed by atoms with Crippen molar-refractivity contribution < 1.29 is 19.1 Å². The maximum Gasteiger partial charge on any atom is 0.229 e. The maximum absolute atomic E-state index is 12.9. The van der Waals surface area contributed by atoms with Gasteiger partial charge in [-0.2, -0.15) is 4.98 Å². The van der Waals surface area contributed by atoms with Crippen LogP contribution in [0, 0.1) is 12.8 Å².